The lowest BCUT2D eigenvalue weighted by Crippen LogP contribution is -2.63. The van der Waals surface area contributed by atoms with E-state index in [1.807, 2.05) is 27.7 Å². The molecule has 2 fully saturated rings. The maximum absolute atomic E-state index is 13.7. The van der Waals surface area contributed by atoms with Crippen LogP contribution < -0.4 is 0 Å². The summed E-state index contributed by atoms with van der Waals surface area (Å²) in [5.74, 6) is -2.36. The van der Waals surface area contributed by atoms with Crippen molar-refractivity contribution in [3.05, 3.63) is 0 Å². The smallest absolute Gasteiger partial charge is 0.189 e. The Hall–Kier alpha value is -1.10. The second kappa shape index (κ2) is 24.5. The molecular formula is C40H74O13. The van der Waals surface area contributed by atoms with Gasteiger partial charge in [0.05, 0.1) is 24.4 Å². The van der Waals surface area contributed by atoms with E-state index in [-0.39, 0.29) is 36.2 Å². The third kappa shape index (κ3) is 14.1. The second-order valence-electron chi connectivity index (χ2n) is 15.8. The maximum Gasteiger partial charge on any atom is 0.189 e. The molecular weight excluding hydrogens is 688 g/mol. The normalized spacial score (nSPS) is 32.8. The fraction of sp³-hybridized carbons (Fsp3) is 0.950. The number of rotatable bonds is 26. The van der Waals surface area contributed by atoms with Crippen LogP contribution in [-0.4, -0.2) is 126 Å². The van der Waals surface area contributed by atoms with Crippen molar-refractivity contribution in [1.82, 2.24) is 0 Å². The molecule has 312 valence electrons. The van der Waals surface area contributed by atoms with Crippen LogP contribution in [0.25, 0.3) is 0 Å². The third-order valence-corrected chi connectivity index (χ3v) is 11.8. The fourth-order valence-electron chi connectivity index (χ4n) is 7.88. The first-order valence-corrected chi connectivity index (χ1v) is 20.6. The molecule has 0 aromatic rings. The zero-order valence-corrected chi connectivity index (χ0v) is 33.2. The molecule has 13 heteroatoms. The van der Waals surface area contributed by atoms with Crippen LogP contribution in [0.1, 0.15) is 144 Å². The van der Waals surface area contributed by atoms with Crippen molar-refractivity contribution in [2.24, 2.45) is 23.7 Å². The standard InChI is InChI=1S/C40H74O13/c1-7-11-13-15-17-19-25(23(5)27(41)9-3)29(43)21-31-33(45)35(47)37(49)39(51-31)53-40-38(50)36(48)34(46)32(52-40)22-30(44)26(24(6)28(42)10-4)20-18-16-14-12-8-2/h23-28,31-42,45-50H,7-22H2,1-6H3/t23?,24?,25-,26-,27-,28-,31-,32+,33-,34+,35+,36-,37-,38+,39?,40+/m1/s1. The Balaban J connectivity index is 2.20. The van der Waals surface area contributed by atoms with Crippen LogP contribution in [0.2, 0.25) is 0 Å². The molecule has 0 aliphatic carbocycles. The number of ketones is 2. The number of hydrogen-bond donors (Lipinski definition) is 8. The summed E-state index contributed by atoms with van der Waals surface area (Å²) < 4.78 is 17.4. The van der Waals surface area contributed by atoms with E-state index in [1.165, 1.54) is 0 Å². The van der Waals surface area contributed by atoms with Gasteiger partial charge < -0.3 is 55.1 Å². The van der Waals surface area contributed by atoms with Crippen LogP contribution in [0.5, 0.6) is 0 Å². The molecule has 0 radical (unpaired) electrons. The summed E-state index contributed by atoms with van der Waals surface area (Å²) in [5.41, 5.74) is 0. The molecule has 0 aromatic heterocycles. The quantitative estimate of drug-likeness (QED) is 0.0594. The zero-order valence-electron chi connectivity index (χ0n) is 33.2. The highest BCUT2D eigenvalue weighted by Gasteiger charge is 2.51. The predicted molar refractivity (Wildman–Crippen MR) is 198 cm³/mol. The molecule has 8 N–H and O–H groups in total. The van der Waals surface area contributed by atoms with Crippen LogP contribution in [-0.2, 0) is 23.8 Å². The van der Waals surface area contributed by atoms with Crippen molar-refractivity contribution in [2.45, 2.75) is 218 Å². The molecule has 3 unspecified atom stereocenters. The number of carbonyl (C=O) groups excluding carboxylic acids is 2. The summed E-state index contributed by atoms with van der Waals surface area (Å²) >= 11 is 0. The maximum atomic E-state index is 13.7. The van der Waals surface area contributed by atoms with E-state index in [4.69, 9.17) is 14.2 Å². The lowest BCUT2D eigenvalue weighted by molar-refractivity contribution is -0.373. The molecule has 2 aliphatic rings. The highest BCUT2D eigenvalue weighted by Crippen LogP contribution is 2.34. The molecule has 0 bridgehead atoms. The van der Waals surface area contributed by atoms with Crippen LogP contribution in [0.4, 0.5) is 0 Å². The van der Waals surface area contributed by atoms with Crippen molar-refractivity contribution in [3.63, 3.8) is 0 Å². The highest BCUT2D eigenvalue weighted by molar-refractivity contribution is 5.82. The molecule has 16 atom stereocenters. The molecule has 0 saturated carbocycles. The summed E-state index contributed by atoms with van der Waals surface area (Å²) in [7, 11) is 0. The number of unbranched alkanes of at least 4 members (excludes halogenated alkanes) is 8. The Bertz CT molecular complexity index is 953. The van der Waals surface area contributed by atoms with E-state index in [0.717, 1.165) is 64.2 Å². The third-order valence-electron chi connectivity index (χ3n) is 11.8. The fourth-order valence-corrected chi connectivity index (χ4v) is 7.88. The molecule has 2 rings (SSSR count). The summed E-state index contributed by atoms with van der Waals surface area (Å²) in [6.45, 7) is 11.5. The number of ether oxygens (including phenoxy) is 3. The Morgan fingerprint density at radius 3 is 1.19 bits per heavy atom. The van der Waals surface area contributed by atoms with Crippen molar-refractivity contribution in [1.29, 1.82) is 0 Å². The molecule has 0 aromatic carbocycles. The van der Waals surface area contributed by atoms with E-state index < -0.39 is 85.5 Å². The first-order chi connectivity index (χ1) is 25.1. The van der Waals surface area contributed by atoms with Gasteiger partial charge in [-0.05, 0) is 37.5 Å². The van der Waals surface area contributed by atoms with Gasteiger partial charge in [-0.15, -0.1) is 0 Å². The van der Waals surface area contributed by atoms with Gasteiger partial charge >= 0.3 is 0 Å². The monoisotopic (exact) mass is 763 g/mol. The Labute approximate surface area is 317 Å². The summed E-state index contributed by atoms with van der Waals surface area (Å²) in [4.78, 5) is 27.4. The second-order valence-corrected chi connectivity index (χ2v) is 15.8. The lowest BCUT2D eigenvalue weighted by Gasteiger charge is -2.45. The number of Topliss-reactive ketones (excluding diaryl/α,β-unsaturated/α-hetero) is 2. The van der Waals surface area contributed by atoms with Crippen molar-refractivity contribution in [2.75, 3.05) is 0 Å². The average Bonchev–Trinajstić information content (AvgIpc) is 3.14. The largest absolute Gasteiger partial charge is 0.393 e. The number of aliphatic hydroxyl groups excluding tert-OH is 8. The Morgan fingerprint density at radius 1 is 0.528 bits per heavy atom. The van der Waals surface area contributed by atoms with Gasteiger partial charge in [0.25, 0.3) is 0 Å². The van der Waals surface area contributed by atoms with Crippen LogP contribution in [0.3, 0.4) is 0 Å². The molecule has 13 nitrogen and oxygen atoms in total. The van der Waals surface area contributed by atoms with Crippen LogP contribution in [0, 0.1) is 23.7 Å². The number of carbonyl (C=O) groups is 2. The minimum Gasteiger partial charge on any atom is -0.393 e. The number of hydrogen-bond acceptors (Lipinski definition) is 13. The minimum absolute atomic E-state index is 0.278. The lowest BCUT2D eigenvalue weighted by atomic mass is 9.79. The molecule has 2 aliphatic heterocycles. The SMILES string of the molecule is CCCCCCC[C@@H](C(=O)C[C@@H]1O[C@@H](OC2O[C@H](CC(=O)[C@H](CCCCCCC)C(C)[C@H](O)CC)[C@@H](O)[C@H](O)[C@H]2O)[C@@H](O)[C@H](O)[C@H]1O)C(C)[C@H](O)CC. The molecule has 53 heavy (non-hydrogen) atoms. The van der Waals surface area contributed by atoms with E-state index in [1.54, 1.807) is 0 Å². The van der Waals surface area contributed by atoms with Crippen molar-refractivity contribution >= 4 is 11.6 Å². The summed E-state index contributed by atoms with van der Waals surface area (Å²) in [6.07, 6.45) is -7.06. The molecule has 2 heterocycles. The Morgan fingerprint density at radius 2 is 0.868 bits per heavy atom. The van der Waals surface area contributed by atoms with Gasteiger partial charge in [0, 0.05) is 24.7 Å². The van der Waals surface area contributed by atoms with Crippen LogP contribution >= 0.6 is 0 Å². The first kappa shape index (κ1) is 48.0. The van der Waals surface area contributed by atoms with Gasteiger partial charge in [-0.25, -0.2) is 0 Å². The molecule has 0 spiro atoms. The minimum atomic E-state index is -1.85. The van der Waals surface area contributed by atoms with Gasteiger partial charge in [-0.1, -0.05) is 106 Å². The van der Waals surface area contributed by atoms with E-state index in [9.17, 15) is 50.4 Å². The summed E-state index contributed by atoms with van der Waals surface area (Å²) in [6, 6.07) is 0. The predicted octanol–water partition coefficient (Wildman–Crippen LogP) is 3.30. The summed E-state index contributed by atoms with van der Waals surface area (Å²) in [5, 5.41) is 86.2. The molecule has 0 amide bonds. The first-order valence-electron chi connectivity index (χ1n) is 20.6. The van der Waals surface area contributed by atoms with Gasteiger partial charge in [0.1, 0.15) is 48.2 Å². The van der Waals surface area contributed by atoms with E-state index in [0.29, 0.717) is 25.7 Å². The van der Waals surface area contributed by atoms with Gasteiger partial charge in [0.15, 0.2) is 12.6 Å². The van der Waals surface area contributed by atoms with E-state index in [2.05, 4.69) is 13.8 Å². The topological polar surface area (TPSA) is 224 Å². The van der Waals surface area contributed by atoms with Crippen LogP contribution in [0.15, 0.2) is 0 Å². The molecule has 2 saturated heterocycles. The van der Waals surface area contributed by atoms with Gasteiger partial charge in [-0.2, -0.15) is 0 Å². The van der Waals surface area contributed by atoms with Crippen molar-refractivity contribution < 1.29 is 64.7 Å². The van der Waals surface area contributed by atoms with Gasteiger partial charge in [-0.3, -0.25) is 9.59 Å². The van der Waals surface area contributed by atoms with Gasteiger partial charge in [0.2, 0.25) is 0 Å². The van der Waals surface area contributed by atoms with E-state index >= 15 is 0 Å². The highest BCUT2D eigenvalue weighted by atomic mass is 16.8. The van der Waals surface area contributed by atoms with Crippen molar-refractivity contribution in [3.8, 4) is 0 Å². The Kier molecular flexibility index (Phi) is 22.2. The average molecular weight is 763 g/mol. The number of aliphatic hydroxyl groups is 8. The zero-order chi connectivity index (χ0) is 39.8.